The van der Waals surface area contributed by atoms with Gasteiger partial charge >= 0.3 is 5.97 Å². The van der Waals surface area contributed by atoms with Crippen molar-refractivity contribution in [1.29, 1.82) is 0 Å². The van der Waals surface area contributed by atoms with Gasteiger partial charge in [0.25, 0.3) is 0 Å². The maximum Gasteiger partial charge on any atom is 0.337 e. The summed E-state index contributed by atoms with van der Waals surface area (Å²) in [6.45, 7) is 1.81. The third-order valence-electron chi connectivity index (χ3n) is 3.68. The summed E-state index contributed by atoms with van der Waals surface area (Å²) in [5.74, 6) is -0.597. The first-order chi connectivity index (χ1) is 12.0. The molecular weight excluding hydrogens is 343 g/mol. The quantitative estimate of drug-likeness (QED) is 0.785. The molecule has 0 bridgehead atoms. The lowest BCUT2D eigenvalue weighted by atomic mass is 10.1. The lowest BCUT2D eigenvalue weighted by Crippen LogP contribution is -2.29. The van der Waals surface area contributed by atoms with Gasteiger partial charge in [0, 0.05) is 0 Å². The fourth-order valence-corrected chi connectivity index (χ4v) is 3.34. The SMILES string of the molecule is COC(=O)c1ccc(N2C(=O)CS/C2=N\c2ccc(F)cc2)c(C)c1. The summed E-state index contributed by atoms with van der Waals surface area (Å²) < 4.78 is 17.7. The topological polar surface area (TPSA) is 59.0 Å². The molecule has 1 aliphatic heterocycles. The molecule has 2 aromatic rings. The smallest absolute Gasteiger partial charge is 0.337 e. The van der Waals surface area contributed by atoms with Gasteiger partial charge in [0.1, 0.15) is 5.82 Å². The van der Waals surface area contributed by atoms with Gasteiger partial charge in [-0.2, -0.15) is 0 Å². The Labute approximate surface area is 148 Å². The highest BCUT2D eigenvalue weighted by atomic mass is 32.2. The van der Waals surface area contributed by atoms with Crippen molar-refractivity contribution < 1.29 is 18.7 Å². The minimum Gasteiger partial charge on any atom is -0.465 e. The van der Waals surface area contributed by atoms with Gasteiger partial charge in [0.15, 0.2) is 5.17 Å². The van der Waals surface area contributed by atoms with Gasteiger partial charge in [-0.15, -0.1) is 0 Å². The fraction of sp³-hybridized carbons (Fsp3) is 0.167. The third-order valence-corrected chi connectivity index (χ3v) is 4.60. The van der Waals surface area contributed by atoms with Gasteiger partial charge < -0.3 is 4.74 Å². The number of amidine groups is 1. The van der Waals surface area contributed by atoms with E-state index in [1.165, 1.54) is 35.9 Å². The summed E-state index contributed by atoms with van der Waals surface area (Å²) in [5.41, 5.74) is 2.39. The zero-order valence-corrected chi connectivity index (χ0v) is 14.5. The van der Waals surface area contributed by atoms with Crippen LogP contribution in [0.5, 0.6) is 0 Å². The molecule has 7 heteroatoms. The largest absolute Gasteiger partial charge is 0.465 e. The first-order valence-corrected chi connectivity index (χ1v) is 8.47. The van der Waals surface area contributed by atoms with Crippen molar-refractivity contribution in [3.63, 3.8) is 0 Å². The molecule has 3 rings (SSSR count). The van der Waals surface area contributed by atoms with Crippen LogP contribution in [0, 0.1) is 12.7 Å². The normalized spacial score (nSPS) is 15.7. The van der Waals surface area contributed by atoms with E-state index in [1.54, 1.807) is 30.3 Å². The van der Waals surface area contributed by atoms with Crippen LogP contribution in [0.25, 0.3) is 0 Å². The number of anilines is 1. The van der Waals surface area contributed by atoms with Crippen molar-refractivity contribution in [2.45, 2.75) is 6.92 Å². The van der Waals surface area contributed by atoms with E-state index >= 15 is 0 Å². The van der Waals surface area contributed by atoms with E-state index in [-0.39, 0.29) is 17.5 Å². The molecule has 5 nitrogen and oxygen atoms in total. The van der Waals surface area contributed by atoms with Crippen LogP contribution in [0.15, 0.2) is 47.5 Å². The van der Waals surface area contributed by atoms with Crippen LogP contribution in [0.3, 0.4) is 0 Å². The van der Waals surface area contributed by atoms with Crippen molar-refractivity contribution in [1.82, 2.24) is 0 Å². The summed E-state index contributed by atoms with van der Waals surface area (Å²) in [7, 11) is 1.32. The van der Waals surface area contributed by atoms with Crippen molar-refractivity contribution in [2.75, 3.05) is 17.8 Å². The lowest BCUT2D eigenvalue weighted by molar-refractivity contribution is -0.115. The van der Waals surface area contributed by atoms with Crippen LogP contribution in [-0.4, -0.2) is 29.9 Å². The summed E-state index contributed by atoms with van der Waals surface area (Å²) in [6.07, 6.45) is 0. The molecule has 1 fully saturated rings. The minimum atomic E-state index is -0.433. The first-order valence-electron chi connectivity index (χ1n) is 7.48. The molecule has 2 aromatic carbocycles. The number of esters is 1. The molecule has 1 saturated heterocycles. The highest BCUT2D eigenvalue weighted by molar-refractivity contribution is 8.15. The number of ether oxygens (including phenoxy) is 1. The molecular formula is C18H15FN2O3S. The number of hydrogen-bond acceptors (Lipinski definition) is 5. The zero-order chi connectivity index (χ0) is 18.0. The van der Waals surface area contributed by atoms with Crippen molar-refractivity contribution in [3.05, 3.63) is 59.4 Å². The molecule has 1 aliphatic rings. The molecule has 0 atom stereocenters. The van der Waals surface area contributed by atoms with Gasteiger partial charge in [-0.05, 0) is 55.0 Å². The number of aliphatic imine (C=N–C) groups is 1. The standard InChI is InChI=1S/C18H15FN2O3S/c1-11-9-12(17(23)24-2)3-8-15(11)21-16(22)10-25-18(21)20-14-6-4-13(19)5-7-14/h3-9H,10H2,1-2H3/b20-18-. The molecule has 0 aromatic heterocycles. The number of benzene rings is 2. The molecule has 0 N–H and O–H groups in total. The number of aryl methyl sites for hydroxylation is 1. The number of thioether (sulfide) groups is 1. The Bertz CT molecular complexity index is 865. The van der Waals surface area contributed by atoms with Crippen molar-refractivity contribution in [3.8, 4) is 0 Å². The number of nitrogens with zero attached hydrogens (tertiary/aromatic N) is 2. The molecule has 1 heterocycles. The Morgan fingerprint density at radius 3 is 2.60 bits per heavy atom. The van der Waals surface area contributed by atoms with E-state index in [4.69, 9.17) is 4.74 Å². The average molecular weight is 358 g/mol. The Balaban J connectivity index is 1.97. The number of methoxy groups -OCH3 is 1. The predicted molar refractivity (Wildman–Crippen MR) is 96.0 cm³/mol. The highest BCUT2D eigenvalue weighted by Crippen LogP contribution is 2.31. The van der Waals surface area contributed by atoms with Crippen LogP contribution in [-0.2, 0) is 9.53 Å². The molecule has 0 saturated carbocycles. The van der Waals surface area contributed by atoms with Gasteiger partial charge in [0.2, 0.25) is 5.91 Å². The van der Waals surface area contributed by atoms with Crippen LogP contribution in [0.2, 0.25) is 0 Å². The number of carbonyl (C=O) groups excluding carboxylic acids is 2. The second-order valence-electron chi connectivity index (χ2n) is 5.38. The van der Waals surface area contributed by atoms with Gasteiger partial charge in [-0.25, -0.2) is 14.2 Å². The maximum atomic E-state index is 13.0. The number of rotatable bonds is 3. The number of hydrogen-bond donors (Lipinski definition) is 0. The van der Waals surface area contributed by atoms with Crippen LogP contribution in [0.4, 0.5) is 15.8 Å². The molecule has 0 unspecified atom stereocenters. The van der Waals surface area contributed by atoms with E-state index in [1.807, 2.05) is 6.92 Å². The average Bonchev–Trinajstić information content (AvgIpc) is 2.96. The van der Waals surface area contributed by atoms with Crippen LogP contribution in [0.1, 0.15) is 15.9 Å². The second kappa shape index (κ2) is 7.06. The third kappa shape index (κ3) is 3.56. The summed E-state index contributed by atoms with van der Waals surface area (Å²) in [4.78, 5) is 29.9. The molecule has 1 amide bonds. The maximum absolute atomic E-state index is 13.0. The Hall–Kier alpha value is -2.67. The number of amides is 1. The van der Waals surface area contributed by atoms with Crippen LogP contribution >= 0.6 is 11.8 Å². The molecule has 128 valence electrons. The molecule has 0 aliphatic carbocycles. The zero-order valence-electron chi connectivity index (χ0n) is 13.7. The van der Waals surface area contributed by atoms with Gasteiger partial charge in [-0.3, -0.25) is 9.69 Å². The van der Waals surface area contributed by atoms with Gasteiger partial charge in [-0.1, -0.05) is 11.8 Å². The summed E-state index contributed by atoms with van der Waals surface area (Å²) in [5, 5.41) is 0.519. The van der Waals surface area contributed by atoms with Crippen LogP contribution < -0.4 is 4.90 Å². The number of halogens is 1. The van der Waals surface area contributed by atoms with Crippen molar-refractivity contribution in [2.24, 2.45) is 4.99 Å². The molecule has 25 heavy (non-hydrogen) atoms. The fourth-order valence-electron chi connectivity index (χ4n) is 2.46. The predicted octanol–water partition coefficient (Wildman–Crippen LogP) is 3.69. The summed E-state index contributed by atoms with van der Waals surface area (Å²) in [6, 6.07) is 10.7. The highest BCUT2D eigenvalue weighted by Gasteiger charge is 2.31. The molecule has 0 spiro atoms. The van der Waals surface area contributed by atoms with Gasteiger partial charge in [0.05, 0.1) is 29.8 Å². The Morgan fingerprint density at radius 1 is 1.24 bits per heavy atom. The minimum absolute atomic E-state index is 0.0974. The van der Waals surface area contributed by atoms with E-state index in [0.29, 0.717) is 22.1 Å². The Morgan fingerprint density at radius 2 is 1.96 bits per heavy atom. The van der Waals surface area contributed by atoms with E-state index in [2.05, 4.69) is 4.99 Å². The van der Waals surface area contributed by atoms with Crippen molar-refractivity contribution >= 4 is 40.2 Å². The van der Waals surface area contributed by atoms with E-state index in [0.717, 1.165) is 5.56 Å². The second-order valence-corrected chi connectivity index (χ2v) is 6.32. The van der Waals surface area contributed by atoms with E-state index < -0.39 is 5.97 Å². The number of carbonyl (C=O) groups is 2. The molecule has 0 radical (unpaired) electrons. The first kappa shape index (κ1) is 17.2. The summed E-state index contributed by atoms with van der Waals surface area (Å²) >= 11 is 1.32. The lowest BCUT2D eigenvalue weighted by Gasteiger charge is -2.19. The van der Waals surface area contributed by atoms with E-state index in [9.17, 15) is 14.0 Å². The monoisotopic (exact) mass is 358 g/mol. The Kier molecular flexibility index (Phi) is 4.85.